The first-order valence-electron chi connectivity index (χ1n) is 10.4. The SMILES string of the molecule is O=C(CSc1nnc(-c2ccccc2F)n1-c1ccccc1)N1CCc2ccccc2C1. The lowest BCUT2D eigenvalue weighted by Gasteiger charge is -2.28. The van der Waals surface area contributed by atoms with Gasteiger partial charge in [0.2, 0.25) is 5.91 Å². The van der Waals surface area contributed by atoms with E-state index in [9.17, 15) is 9.18 Å². The number of benzene rings is 3. The summed E-state index contributed by atoms with van der Waals surface area (Å²) in [5.41, 5.74) is 3.70. The maximum atomic E-state index is 14.5. The quantitative estimate of drug-likeness (QED) is 0.417. The molecule has 0 atom stereocenters. The summed E-state index contributed by atoms with van der Waals surface area (Å²) >= 11 is 1.32. The lowest BCUT2D eigenvalue weighted by molar-refractivity contribution is -0.129. The van der Waals surface area contributed by atoms with Gasteiger partial charge in [-0.15, -0.1) is 10.2 Å². The molecule has 0 aliphatic carbocycles. The van der Waals surface area contributed by atoms with Gasteiger partial charge in [-0.25, -0.2) is 4.39 Å². The molecule has 4 aromatic rings. The van der Waals surface area contributed by atoms with Crippen LogP contribution in [0.2, 0.25) is 0 Å². The molecule has 0 spiro atoms. The van der Waals surface area contributed by atoms with E-state index in [2.05, 4.69) is 22.3 Å². The summed E-state index contributed by atoms with van der Waals surface area (Å²) < 4.78 is 16.3. The van der Waals surface area contributed by atoms with E-state index in [0.29, 0.717) is 29.6 Å². The van der Waals surface area contributed by atoms with Gasteiger partial charge in [-0.2, -0.15) is 0 Å². The summed E-state index contributed by atoms with van der Waals surface area (Å²) in [6.07, 6.45) is 0.865. The zero-order chi connectivity index (χ0) is 21.9. The number of halogens is 1. The third-order valence-corrected chi connectivity index (χ3v) is 6.48. The molecule has 0 N–H and O–H groups in total. The number of rotatable bonds is 5. The molecule has 1 aliphatic heterocycles. The first kappa shape index (κ1) is 20.5. The van der Waals surface area contributed by atoms with Crippen LogP contribution in [0.3, 0.4) is 0 Å². The molecule has 1 aliphatic rings. The molecule has 5 nitrogen and oxygen atoms in total. The Hall–Kier alpha value is -3.45. The summed E-state index contributed by atoms with van der Waals surface area (Å²) in [5.74, 6) is 0.345. The standard InChI is InChI=1S/C25H21FN4OS/c26-22-13-7-6-12-21(22)24-27-28-25(30(24)20-10-2-1-3-11-20)32-17-23(31)29-15-14-18-8-4-5-9-19(18)16-29/h1-13H,14-17H2. The number of amides is 1. The number of carbonyl (C=O) groups is 1. The molecular formula is C25H21FN4OS. The van der Waals surface area contributed by atoms with Crippen molar-refractivity contribution >= 4 is 17.7 Å². The largest absolute Gasteiger partial charge is 0.337 e. The highest BCUT2D eigenvalue weighted by Crippen LogP contribution is 2.30. The Morgan fingerprint density at radius 2 is 1.62 bits per heavy atom. The van der Waals surface area contributed by atoms with Crippen LogP contribution in [0.25, 0.3) is 17.1 Å². The third kappa shape index (κ3) is 4.03. The summed E-state index contributed by atoms with van der Waals surface area (Å²) in [7, 11) is 0. The third-order valence-electron chi connectivity index (χ3n) is 5.57. The Balaban J connectivity index is 1.40. The molecule has 0 fully saturated rings. The highest BCUT2D eigenvalue weighted by Gasteiger charge is 2.23. The van der Waals surface area contributed by atoms with Crippen molar-refractivity contribution in [2.24, 2.45) is 0 Å². The summed E-state index contributed by atoms with van der Waals surface area (Å²) in [5, 5.41) is 9.13. The number of aromatic nitrogens is 3. The average Bonchev–Trinajstić information content (AvgIpc) is 3.26. The van der Waals surface area contributed by atoms with Crippen LogP contribution in [0.5, 0.6) is 0 Å². The predicted molar refractivity (Wildman–Crippen MR) is 123 cm³/mol. The molecule has 160 valence electrons. The zero-order valence-electron chi connectivity index (χ0n) is 17.3. The van der Waals surface area contributed by atoms with Crippen LogP contribution in [-0.4, -0.2) is 37.9 Å². The molecule has 3 aromatic carbocycles. The fraction of sp³-hybridized carbons (Fsp3) is 0.160. The fourth-order valence-electron chi connectivity index (χ4n) is 3.92. The van der Waals surface area contributed by atoms with Gasteiger partial charge in [0, 0.05) is 18.8 Å². The summed E-state index contributed by atoms with van der Waals surface area (Å²) in [4.78, 5) is 14.8. The van der Waals surface area contributed by atoms with Crippen LogP contribution >= 0.6 is 11.8 Å². The molecule has 0 bridgehead atoms. The Bertz CT molecular complexity index is 1260. The van der Waals surface area contributed by atoms with Gasteiger partial charge in [-0.1, -0.05) is 66.4 Å². The number of hydrogen-bond acceptors (Lipinski definition) is 4. The van der Waals surface area contributed by atoms with Crippen molar-refractivity contribution in [2.45, 2.75) is 18.1 Å². The predicted octanol–water partition coefficient (Wildman–Crippen LogP) is 4.75. The van der Waals surface area contributed by atoms with E-state index in [1.165, 1.54) is 29.0 Å². The second kappa shape index (κ2) is 8.96. The Labute approximate surface area is 189 Å². The molecule has 32 heavy (non-hydrogen) atoms. The first-order chi connectivity index (χ1) is 15.7. The lowest BCUT2D eigenvalue weighted by atomic mass is 10.00. The number of fused-ring (bicyclic) bond motifs is 1. The Kier molecular flexibility index (Phi) is 5.73. The number of hydrogen-bond donors (Lipinski definition) is 0. The minimum Gasteiger partial charge on any atom is -0.337 e. The van der Waals surface area contributed by atoms with Crippen molar-refractivity contribution in [3.63, 3.8) is 0 Å². The van der Waals surface area contributed by atoms with Crippen LogP contribution in [0.4, 0.5) is 4.39 Å². The van der Waals surface area contributed by atoms with Crippen molar-refractivity contribution in [1.82, 2.24) is 19.7 Å². The minimum atomic E-state index is -0.364. The molecule has 0 saturated heterocycles. The second-order valence-electron chi connectivity index (χ2n) is 7.58. The van der Waals surface area contributed by atoms with Gasteiger partial charge >= 0.3 is 0 Å². The molecule has 1 aromatic heterocycles. The van der Waals surface area contributed by atoms with Crippen molar-refractivity contribution in [3.05, 3.63) is 95.8 Å². The van der Waals surface area contributed by atoms with E-state index in [-0.39, 0.29) is 17.5 Å². The Morgan fingerprint density at radius 1 is 0.906 bits per heavy atom. The van der Waals surface area contributed by atoms with Crippen LogP contribution in [0, 0.1) is 5.82 Å². The monoisotopic (exact) mass is 444 g/mol. The van der Waals surface area contributed by atoms with Crippen LogP contribution in [0.1, 0.15) is 11.1 Å². The summed E-state index contributed by atoms with van der Waals surface area (Å²) in [6.45, 7) is 1.34. The molecule has 7 heteroatoms. The maximum absolute atomic E-state index is 14.5. The minimum absolute atomic E-state index is 0.0551. The lowest BCUT2D eigenvalue weighted by Crippen LogP contribution is -2.37. The average molecular weight is 445 g/mol. The molecule has 0 saturated carbocycles. The smallest absolute Gasteiger partial charge is 0.233 e. The van der Waals surface area contributed by atoms with Gasteiger partial charge in [-0.05, 0) is 41.8 Å². The van der Waals surface area contributed by atoms with E-state index in [1.807, 2.05) is 51.9 Å². The zero-order valence-corrected chi connectivity index (χ0v) is 18.1. The van der Waals surface area contributed by atoms with Crippen molar-refractivity contribution in [3.8, 4) is 17.1 Å². The van der Waals surface area contributed by atoms with E-state index in [4.69, 9.17) is 0 Å². The van der Waals surface area contributed by atoms with Crippen LogP contribution < -0.4 is 0 Å². The van der Waals surface area contributed by atoms with E-state index >= 15 is 0 Å². The van der Waals surface area contributed by atoms with E-state index in [0.717, 1.165) is 12.1 Å². The summed E-state index contributed by atoms with van der Waals surface area (Å²) in [6, 6.07) is 24.3. The van der Waals surface area contributed by atoms with Crippen LogP contribution in [-0.2, 0) is 17.8 Å². The van der Waals surface area contributed by atoms with E-state index < -0.39 is 0 Å². The fourth-order valence-corrected chi connectivity index (χ4v) is 4.77. The van der Waals surface area contributed by atoms with Gasteiger partial charge in [0.05, 0.1) is 11.3 Å². The van der Waals surface area contributed by atoms with E-state index in [1.54, 1.807) is 18.2 Å². The highest BCUT2D eigenvalue weighted by atomic mass is 32.2. The van der Waals surface area contributed by atoms with Crippen molar-refractivity contribution in [2.75, 3.05) is 12.3 Å². The van der Waals surface area contributed by atoms with Crippen LogP contribution in [0.15, 0.2) is 84.0 Å². The number of para-hydroxylation sites is 1. The molecule has 2 heterocycles. The highest BCUT2D eigenvalue weighted by molar-refractivity contribution is 7.99. The number of nitrogens with zero attached hydrogens (tertiary/aromatic N) is 4. The number of carbonyl (C=O) groups excluding carboxylic acids is 1. The van der Waals surface area contributed by atoms with Crippen molar-refractivity contribution < 1.29 is 9.18 Å². The molecular weight excluding hydrogens is 423 g/mol. The van der Waals surface area contributed by atoms with Crippen molar-refractivity contribution in [1.29, 1.82) is 0 Å². The maximum Gasteiger partial charge on any atom is 0.233 e. The number of thioether (sulfide) groups is 1. The normalized spacial score (nSPS) is 13.1. The molecule has 0 unspecified atom stereocenters. The molecule has 5 rings (SSSR count). The van der Waals surface area contributed by atoms with Gasteiger partial charge in [0.25, 0.3) is 0 Å². The van der Waals surface area contributed by atoms with Gasteiger partial charge in [0.1, 0.15) is 5.82 Å². The second-order valence-corrected chi connectivity index (χ2v) is 8.52. The van der Waals surface area contributed by atoms with Gasteiger partial charge < -0.3 is 4.90 Å². The Morgan fingerprint density at radius 3 is 2.44 bits per heavy atom. The van der Waals surface area contributed by atoms with Gasteiger partial charge in [0.15, 0.2) is 11.0 Å². The molecule has 0 radical (unpaired) electrons. The van der Waals surface area contributed by atoms with Gasteiger partial charge in [-0.3, -0.25) is 9.36 Å². The topological polar surface area (TPSA) is 51.0 Å². The first-order valence-corrected chi connectivity index (χ1v) is 11.4. The molecule has 1 amide bonds.